The molecule has 0 aliphatic heterocycles. The van der Waals surface area contributed by atoms with E-state index in [0.29, 0.717) is 5.82 Å². The zero-order valence-electron chi connectivity index (χ0n) is 10.9. The van der Waals surface area contributed by atoms with Crippen LogP contribution in [0.5, 0.6) is 0 Å². The van der Waals surface area contributed by atoms with Gasteiger partial charge >= 0.3 is 5.97 Å². The van der Waals surface area contributed by atoms with Crippen molar-refractivity contribution in [2.75, 3.05) is 5.32 Å². The van der Waals surface area contributed by atoms with Crippen molar-refractivity contribution >= 4 is 23.1 Å². The summed E-state index contributed by atoms with van der Waals surface area (Å²) in [6.07, 6.45) is 2.30. The van der Waals surface area contributed by atoms with E-state index in [1.807, 2.05) is 0 Å². The Kier molecular flexibility index (Phi) is 4.16. The lowest BCUT2D eigenvalue weighted by Crippen LogP contribution is -2.18. The van der Waals surface area contributed by atoms with Crippen molar-refractivity contribution in [3.8, 4) is 0 Å². The molecule has 0 fully saturated rings. The number of rotatable bonds is 5. The number of thiophene rings is 1. The molecule has 0 bridgehead atoms. The minimum Gasteiger partial charge on any atom is -0.478 e. The van der Waals surface area contributed by atoms with Crippen LogP contribution in [0.2, 0.25) is 0 Å². The van der Waals surface area contributed by atoms with Gasteiger partial charge in [-0.2, -0.15) is 0 Å². The van der Waals surface area contributed by atoms with Gasteiger partial charge < -0.3 is 10.4 Å². The van der Waals surface area contributed by atoms with E-state index in [9.17, 15) is 4.79 Å². The topological polar surface area (TPSA) is 62.2 Å². The van der Waals surface area contributed by atoms with Crippen LogP contribution in [0.25, 0.3) is 0 Å². The Morgan fingerprint density at radius 1 is 1.42 bits per heavy atom. The van der Waals surface area contributed by atoms with Gasteiger partial charge in [-0.1, -0.05) is 0 Å². The Balaban J connectivity index is 1.94. The zero-order valence-corrected chi connectivity index (χ0v) is 11.7. The third kappa shape index (κ3) is 3.79. The first kappa shape index (κ1) is 13.5. The second kappa shape index (κ2) is 5.84. The van der Waals surface area contributed by atoms with Gasteiger partial charge in [-0.15, -0.1) is 11.3 Å². The van der Waals surface area contributed by atoms with Crippen molar-refractivity contribution in [1.82, 2.24) is 4.98 Å². The van der Waals surface area contributed by atoms with Crippen LogP contribution in [0.3, 0.4) is 0 Å². The van der Waals surface area contributed by atoms with Crippen molar-refractivity contribution in [1.29, 1.82) is 0 Å². The minimum atomic E-state index is -0.957. The number of hydrogen-bond acceptors (Lipinski definition) is 4. The highest BCUT2D eigenvalue weighted by Gasteiger charge is 2.07. The second-order valence-corrected chi connectivity index (χ2v) is 5.87. The summed E-state index contributed by atoms with van der Waals surface area (Å²) in [6.45, 7) is 4.18. The summed E-state index contributed by atoms with van der Waals surface area (Å²) in [5, 5.41) is 12.1. The first-order chi connectivity index (χ1) is 9.04. The third-order valence-corrected chi connectivity index (χ3v) is 3.73. The maximum absolute atomic E-state index is 10.7. The van der Waals surface area contributed by atoms with Crippen LogP contribution < -0.4 is 5.32 Å². The molecule has 5 heteroatoms. The normalized spacial score (nSPS) is 12.1. The largest absolute Gasteiger partial charge is 0.478 e. The van der Waals surface area contributed by atoms with E-state index in [-0.39, 0.29) is 11.6 Å². The summed E-state index contributed by atoms with van der Waals surface area (Å²) in [5.41, 5.74) is 0.201. The number of nitrogens with one attached hydrogen (secondary N) is 1. The molecule has 100 valence electrons. The first-order valence-electron chi connectivity index (χ1n) is 6.06. The average molecular weight is 276 g/mol. The molecule has 0 spiro atoms. The number of pyridine rings is 1. The molecule has 0 saturated carbocycles. The molecule has 0 radical (unpaired) electrons. The van der Waals surface area contributed by atoms with Crippen LogP contribution in [0, 0.1) is 6.92 Å². The molecule has 2 rings (SSSR count). The highest BCUT2D eigenvalue weighted by atomic mass is 32.1. The number of aromatic carboxylic acids is 1. The Morgan fingerprint density at radius 3 is 2.74 bits per heavy atom. The van der Waals surface area contributed by atoms with Crippen LogP contribution in [-0.4, -0.2) is 22.1 Å². The fourth-order valence-electron chi connectivity index (χ4n) is 1.81. The van der Waals surface area contributed by atoms with Crippen LogP contribution >= 0.6 is 11.3 Å². The minimum absolute atomic E-state index is 0.201. The van der Waals surface area contributed by atoms with Crippen LogP contribution in [0.1, 0.15) is 27.0 Å². The van der Waals surface area contributed by atoms with Gasteiger partial charge in [-0.3, -0.25) is 0 Å². The predicted octanol–water partition coefficient (Wildman–Crippen LogP) is 3.19. The number of carboxylic acid groups (broad SMARTS) is 1. The molecule has 2 aromatic rings. The van der Waals surface area contributed by atoms with Crippen molar-refractivity contribution in [2.45, 2.75) is 26.3 Å². The molecule has 2 aromatic heterocycles. The zero-order chi connectivity index (χ0) is 13.8. The molecule has 0 aromatic carbocycles. The predicted molar refractivity (Wildman–Crippen MR) is 77.0 cm³/mol. The Bertz CT molecular complexity index is 563. The summed E-state index contributed by atoms with van der Waals surface area (Å²) in [4.78, 5) is 17.5. The van der Waals surface area contributed by atoms with Gasteiger partial charge in [0.2, 0.25) is 0 Å². The number of anilines is 1. The van der Waals surface area contributed by atoms with E-state index in [0.717, 1.165) is 6.42 Å². The molecule has 1 unspecified atom stereocenters. The fraction of sp³-hybridized carbons (Fsp3) is 0.286. The monoisotopic (exact) mass is 276 g/mol. The van der Waals surface area contributed by atoms with Gasteiger partial charge in [0.15, 0.2) is 0 Å². The fourth-order valence-corrected chi connectivity index (χ4v) is 2.82. The van der Waals surface area contributed by atoms with E-state index in [2.05, 4.69) is 36.3 Å². The number of aryl methyl sites for hydroxylation is 1. The Hall–Kier alpha value is -1.88. The van der Waals surface area contributed by atoms with Gasteiger partial charge in [0.25, 0.3) is 0 Å². The van der Waals surface area contributed by atoms with Crippen molar-refractivity contribution in [3.63, 3.8) is 0 Å². The SMILES string of the molecule is Cc1ccc(CC(C)Nc2ccc(C(=O)O)cn2)s1. The lowest BCUT2D eigenvalue weighted by molar-refractivity contribution is 0.0696. The molecule has 2 N–H and O–H groups in total. The maximum atomic E-state index is 10.7. The molecule has 2 heterocycles. The lowest BCUT2D eigenvalue weighted by Gasteiger charge is -2.13. The molecule has 1 atom stereocenters. The molecule has 0 aliphatic rings. The lowest BCUT2D eigenvalue weighted by atomic mass is 10.2. The highest BCUT2D eigenvalue weighted by Crippen LogP contribution is 2.18. The number of carboxylic acids is 1. The number of aromatic nitrogens is 1. The second-order valence-electron chi connectivity index (χ2n) is 4.50. The summed E-state index contributed by atoms with van der Waals surface area (Å²) in [6, 6.07) is 7.76. The number of carbonyl (C=O) groups is 1. The van der Waals surface area contributed by atoms with E-state index in [4.69, 9.17) is 5.11 Å². The van der Waals surface area contributed by atoms with Crippen molar-refractivity contribution in [3.05, 3.63) is 45.8 Å². The summed E-state index contributed by atoms with van der Waals surface area (Å²) in [7, 11) is 0. The summed E-state index contributed by atoms with van der Waals surface area (Å²) < 4.78 is 0. The number of hydrogen-bond donors (Lipinski definition) is 2. The van der Waals surface area contributed by atoms with E-state index >= 15 is 0 Å². The highest BCUT2D eigenvalue weighted by molar-refractivity contribution is 7.11. The molecular formula is C14H16N2O2S. The van der Waals surface area contributed by atoms with Gasteiger partial charge in [0.05, 0.1) is 5.56 Å². The standard InChI is InChI=1S/C14H16N2O2S/c1-9(7-12-5-3-10(2)19-12)16-13-6-4-11(8-15-13)14(17)18/h3-6,8-9H,7H2,1-2H3,(H,15,16)(H,17,18). The van der Waals surface area contributed by atoms with Crippen LogP contribution in [0.4, 0.5) is 5.82 Å². The van der Waals surface area contributed by atoms with Crippen LogP contribution in [0.15, 0.2) is 30.5 Å². The summed E-state index contributed by atoms with van der Waals surface area (Å²) >= 11 is 1.79. The third-order valence-electron chi connectivity index (χ3n) is 2.71. The van der Waals surface area contributed by atoms with E-state index in [1.54, 1.807) is 23.5 Å². The van der Waals surface area contributed by atoms with Crippen LogP contribution in [-0.2, 0) is 6.42 Å². The molecule has 4 nitrogen and oxygen atoms in total. The van der Waals surface area contributed by atoms with E-state index in [1.165, 1.54) is 16.0 Å². The first-order valence-corrected chi connectivity index (χ1v) is 6.87. The van der Waals surface area contributed by atoms with Crippen molar-refractivity contribution in [2.24, 2.45) is 0 Å². The quantitative estimate of drug-likeness (QED) is 0.880. The molecular weight excluding hydrogens is 260 g/mol. The molecule has 0 aliphatic carbocycles. The van der Waals surface area contributed by atoms with Gasteiger partial charge in [-0.25, -0.2) is 9.78 Å². The Morgan fingerprint density at radius 2 is 2.21 bits per heavy atom. The molecule has 0 amide bonds. The average Bonchev–Trinajstić information content (AvgIpc) is 2.75. The van der Waals surface area contributed by atoms with Gasteiger partial charge in [0, 0.05) is 28.4 Å². The van der Waals surface area contributed by atoms with Crippen molar-refractivity contribution < 1.29 is 9.90 Å². The molecule has 0 saturated heterocycles. The smallest absolute Gasteiger partial charge is 0.337 e. The summed E-state index contributed by atoms with van der Waals surface area (Å²) in [5.74, 6) is -0.257. The molecule has 19 heavy (non-hydrogen) atoms. The van der Waals surface area contributed by atoms with E-state index < -0.39 is 5.97 Å². The van der Waals surface area contributed by atoms with Gasteiger partial charge in [-0.05, 0) is 38.1 Å². The van der Waals surface area contributed by atoms with Gasteiger partial charge in [0.1, 0.15) is 5.82 Å². The maximum Gasteiger partial charge on any atom is 0.337 e. The Labute approximate surface area is 116 Å². The number of nitrogens with zero attached hydrogens (tertiary/aromatic N) is 1.